The molecule has 0 fully saturated rings. The number of nitrogens with one attached hydrogen (secondary N) is 1. The molecule has 1 amide bonds. The van der Waals surface area contributed by atoms with Gasteiger partial charge in [0.05, 0.1) is 11.1 Å². The van der Waals surface area contributed by atoms with Gasteiger partial charge in [0.2, 0.25) is 0 Å². The Morgan fingerprint density at radius 3 is 2.52 bits per heavy atom. The maximum absolute atomic E-state index is 13.7. The van der Waals surface area contributed by atoms with Crippen molar-refractivity contribution in [1.82, 2.24) is 10.3 Å². The van der Waals surface area contributed by atoms with Crippen LogP contribution >= 0.6 is 0 Å². The summed E-state index contributed by atoms with van der Waals surface area (Å²) in [4.78, 5) is 16.0. The highest BCUT2D eigenvalue weighted by Crippen LogP contribution is 2.34. The molecule has 9 heteroatoms. The zero-order valence-corrected chi connectivity index (χ0v) is 14.8. The molecule has 3 N–H and O–H groups in total. The van der Waals surface area contributed by atoms with Crippen molar-refractivity contribution >= 4 is 11.7 Å². The molecule has 29 heavy (non-hydrogen) atoms. The predicted molar refractivity (Wildman–Crippen MR) is 97.7 cm³/mol. The molecular weight excluding hydrogens is 390 g/mol. The first kappa shape index (κ1) is 20.1. The first-order valence-electron chi connectivity index (χ1n) is 8.36. The molecule has 0 saturated carbocycles. The second kappa shape index (κ2) is 8.17. The number of nitrogens with two attached hydrogens (primary N) is 1. The van der Waals surface area contributed by atoms with E-state index < -0.39 is 23.5 Å². The van der Waals surface area contributed by atoms with E-state index in [9.17, 15) is 22.4 Å². The summed E-state index contributed by atoms with van der Waals surface area (Å²) in [5, 5.41) is 2.68. The van der Waals surface area contributed by atoms with Crippen LogP contribution in [0.25, 0.3) is 0 Å². The fourth-order valence-electron chi connectivity index (χ4n) is 2.53. The lowest BCUT2D eigenvalue weighted by molar-refractivity contribution is -0.140. The van der Waals surface area contributed by atoms with E-state index >= 15 is 0 Å². The molecule has 2 aromatic carbocycles. The Kier molecular flexibility index (Phi) is 5.67. The summed E-state index contributed by atoms with van der Waals surface area (Å²) in [5.41, 5.74) is 5.19. The van der Waals surface area contributed by atoms with Crippen LogP contribution in [-0.2, 0) is 12.7 Å². The standard InChI is InChI=1S/C20H15F4N3O2/c21-17-10-14(6-7-16(17)20(22,23)24)29-13-4-1-3-12(9-13)11-27-19(28)15-5-2-8-26-18(15)25/h1-10H,11H2,(H2,25,26)(H,27,28). The highest BCUT2D eigenvalue weighted by Gasteiger charge is 2.34. The van der Waals surface area contributed by atoms with Crippen molar-refractivity contribution < 1.29 is 27.1 Å². The first-order chi connectivity index (χ1) is 13.7. The number of carbonyl (C=O) groups excluding carboxylic acids is 1. The van der Waals surface area contributed by atoms with Gasteiger partial charge in [-0.05, 0) is 42.0 Å². The normalized spacial score (nSPS) is 11.2. The fraction of sp³-hybridized carbons (Fsp3) is 0.100. The number of anilines is 1. The zero-order valence-electron chi connectivity index (χ0n) is 14.8. The minimum Gasteiger partial charge on any atom is -0.457 e. The Morgan fingerprint density at radius 2 is 1.83 bits per heavy atom. The van der Waals surface area contributed by atoms with Crippen LogP contribution < -0.4 is 15.8 Å². The maximum Gasteiger partial charge on any atom is 0.419 e. The van der Waals surface area contributed by atoms with E-state index in [-0.39, 0.29) is 29.4 Å². The van der Waals surface area contributed by atoms with Gasteiger partial charge in [0.1, 0.15) is 23.1 Å². The SMILES string of the molecule is Nc1ncccc1C(=O)NCc1cccc(Oc2ccc(C(F)(F)F)c(F)c2)c1. The van der Waals surface area contributed by atoms with Crippen LogP contribution in [0.4, 0.5) is 23.4 Å². The third kappa shape index (κ3) is 5.01. The highest BCUT2D eigenvalue weighted by atomic mass is 19.4. The molecule has 0 aliphatic heterocycles. The third-order valence-electron chi connectivity index (χ3n) is 3.92. The smallest absolute Gasteiger partial charge is 0.419 e. The molecule has 0 unspecified atom stereocenters. The van der Waals surface area contributed by atoms with Gasteiger partial charge < -0.3 is 15.8 Å². The number of hydrogen-bond acceptors (Lipinski definition) is 4. The van der Waals surface area contributed by atoms with Crippen molar-refractivity contribution in [2.24, 2.45) is 0 Å². The van der Waals surface area contributed by atoms with Crippen LogP contribution in [0, 0.1) is 5.82 Å². The fourth-order valence-corrected chi connectivity index (χ4v) is 2.53. The third-order valence-corrected chi connectivity index (χ3v) is 3.92. The number of aromatic nitrogens is 1. The van der Waals surface area contributed by atoms with Gasteiger partial charge in [-0.3, -0.25) is 4.79 Å². The van der Waals surface area contributed by atoms with Crippen LogP contribution in [0.5, 0.6) is 11.5 Å². The Bertz CT molecular complexity index is 1040. The van der Waals surface area contributed by atoms with E-state index in [1.54, 1.807) is 30.3 Å². The Labute approximate surface area is 163 Å². The van der Waals surface area contributed by atoms with Crippen molar-refractivity contribution in [3.63, 3.8) is 0 Å². The summed E-state index contributed by atoms with van der Waals surface area (Å²) >= 11 is 0. The predicted octanol–water partition coefficient (Wildman–Crippen LogP) is 4.54. The van der Waals surface area contributed by atoms with Crippen LogP contribution in [0.1, 0.15) is 21.5 Å². The van der Waals surface area contributed by atoms with Crippen molar-refractivity contribution in [3.05, 3.63) is 83.3 Å². The number of nitrogens with zero attached hydrogens (tertiary/aromatic N) is 1. The quantitative estimate of drug-likeness (QED) is 0.611. The highest BCUT2D eigenvalue weighted by molar-refractivity contribution is 5.98. The largest absolute Gasteiger partial charge is 0.457 e. The molecule has 0 saturated heterocycles. The van der Waals surface area contributed by atoms with E-state index in [4.69, 9.17) is 10.5 Å². The van der Waals surface area contributed by atoms with Gasteiger partial charge in [-0.15, -0.1) is 0 Å². The second-order valence-corrected chi connectivity index (χ2v) is 6.01. The van der Waals surface area contributed by atoms with Gasteiger partial charge in [0.25, 0.3) is 5.91 Å². The molecule has 3 aromatic rings. The van der Waals surface area contributed by atoms with E-state index in [1.165, 1.54) is 12.3 Å². The average molecular weight is 405 g/mol. The van der Waals surface area contributed by atoms with Gasteiger partial charge in [-0.25, -0.2) is 9.37 Å². The van der Waals surface area contributed by atoms with Crippen molar-refractivity contribution in [2.75, 3.05) is 5.73 Å². The number of hydrogen-bond donors (Lipinski definition) is 2. The van der Waals surface area contributed by atoms with Crippen LogP contribution in [-0.4, -0.2) is 10.9 Å². The maximum atomic E-state index is 13.7. The number of alkyl halides is 3. The number of pyridine rings is 1. The first-order valence-corrected chi connectivity index (χ1v) is 8.36. The summed E-state index contributed by atoms with van der Waals surface area (Å²) in [6.07, 6.45) is -3.31. The molecule has 0 atom stereocenters. The lowest BCUT2D eigenvalue weighted by Gasteiger charge is -2.11. The second-order valence-electron chi connectivity index (χ2n) is 6.01. The topological polar surface area (TPSA) is 77.2 Å². The molecule has 0 spiro atoms. The summed E-state index contributed by atoms with van der Waals surface area (Å²) < 4.78 is 57.0. The number of amides is 1. The van der Waals surface area contributed by atoms with Gasteiger partial charge >= 0.3 is 6.18 Å². The number of ether oxygens (including phenoxy) is 1. The molecular formula is C20H15F4N3O2. The Hall–Kier alpha value is -3.62. The van der Waals surface area contributed by atoms with Gasteiger partial charge in [-0.2, -0.15) is 13.2 Å². The summed E-state index contributed by atoms with van der Waals surface area (Å²) in [6, 6.07) is 11.9. The molecule has 150 valence electrons. The number of nitrogen functional groups attached to an aromatic ring is 1. The molecule has 5 nitrogen and oxygen atoms in total. The molecule has 1 aromatic heterocycles. The average Bonchev–Trinajstić information content (AvgIpc) is 2.66. The molecule has 1 heterocycles. The Morgan fingerprint density at radius 1 is 1.07 bits per heavy atom. The van der Waals surface area contributed by atoms with E-state index in [0.717, 1.165) is 6.07 Å². The summed E-state index contributed by atoms with van der Waals surface area (Å²) in [6.45, 7) is 0.145. The minimum atomic E-state index is -4.78. The molecule has 0 aliphatic carbocycles. The number of halogens is 4. The number of benzene rings is 2. The summed E-state index contributed by atoms with van der Waals surface area (Å²) in [7, 11) is 0. The van der Waals surface area contributed by atoms with Crippen LogP contribution in [0.3, 0.4) is 0 Å². The molecule has 3 rings (SSSR count). The van der Waals surface area contributed by atoms with Gasteiger partial charge in [0.15, 0.2) is 0 Å². The van der Waals surface area contributed by atoms with E-state index in [2.05, 4.69) is 10.3 Å². The van der Waals surface area contributed by atoms with Gasteiger partial charge in [0, 0.05) is 18.8 Å². The molecule has 0 aliphatic rings. The van der Waals surface area contributed by atoms with Crippen molar-refractivity contribution in [1.29, 1.82) is 0 Å². The van der Waals surface area contributed by atoms with Crippen LogP contribution in [0.2, 0.25) is 0 Å². The molecule has 0 radical (unpaired) electrons. The lowest BCUT2D eigenvalue weighted by Crippen LogP contribution is -2.24. The number of carbonyl (C=O) groups is 1. The van der Waals surface area contributed by atoms with Gasteiger partial charge in [-0.1, -0.05) is 12.1 Å². The van der Waals surface area contributed by atoms with E-state index in [1.807, 2.05) is 0 Å². The summed E-state index contributed by atoms with van der Waals surface area (Å²) in [5.74, 6) is -1.54. The van der Waals surface area contributed by atoms with Crippen molar-refractivity contribution in [2.45, 2.75) is 12.7 Å². The number of rotatable bonds is 5. The molecule has 0 bridgehead atoms. The zero-order chi connectivity index (χ0) is 21.0. The minimum absolute atomic E-state index is 0.0835. The van der Waals surface area contributed by atoms with E-state index in [0.29, 0.717) is 17.7 Å². The lowest BCUT2D eigenvalue weighted by atomic mass is 10.2. The van der Waals surface area contributed by atoms with Crippen LogP contribution in [0.15, 0.2) is 60.8 Å². The monoisotopic (exact) mass is 405 g/mol. The van der Waals surface area contributed by atoms with Crippen molar-refractivity contribution in [3.8, 4) is 11.5 Å². The Balaban J connectivity index is 1.68.